The normalized spacial score (nSPS) is 20.7. The number of carbonyl (C=O) groups excluding carboxylic acids is 1. The van der Waals surface area contributed by atoms with Crippen LogP contribution in [0.5, 0.6) is 0 Å². The zero-order valence-corrected chi connectivity index (χ0v) is 9.85. The molecule has 88 valence electrons. The summed E-state index contributed by atoms with van der Waals surface area (Å²) in [6, 6.07) is 4.12. The van der Waals surface area contributed by atoms with Gasteiger partial charge in [-0.15, -0.1) is 0 Å². The molecule has 1 atom stereocenters. The molecule has 0 N–H and O–H groups in total. The third-order valence-corrected chi connectivity index (χ3v) is 2.96. The van der Waals surface area contributed by atoms with Crippen LogP contribution in [0.1, 0.15) is 23.4 Å². The fourth-order valence-corrected chi connectivity index (χ4v) is 2.30. The van der Waals surface area contributed by atoms with Crippen LogP contribution < -0.4 is 4.90 Å². The molecule has 0 amide bonds. The monoisotopic (exact) mass is 222 g/mol. The molecular weight excluding hydrogens is 204 g/mol. The second-order valence-corrected chi connectivity index (χ2v) is 4.55. The number of likely N-dealkylation sites (N-methyl/N-ethyl adjacent to an activating group) is 1. The third kappa shape index (κ3) is 2.27. The Morgan fingerprint density at radius 1 is 1.56 bits per heavy atom. The molecular formula is C12H18N2O2. The Morgan fingerprint density at radius 2 is 2.38 bits per heavy atom. The molecule has 0 aliphatic carbocycles. The van der Waals surface area contributed by atoms with Gasteiger partial charge in [-0.2, -0.15) is 0 Å². The van der Waals surface area contributed by atoms with Crippen LogP contribution in [0.4, 0.5) is 5.88 Å². The summed E-state index contributed by atoms with van der Waals surface area (Å²) in [5, 5.41) is 0. The Kier molecular flexibility index (Phi) is 3.29. The topological polar surface area (TPSA) is 36.7 Å². The zero-order chi connectivity index (χ0) is 11.5. The van der Waals surface area contributed by atoms with E-state index in [1.165, 1.54) is 12.8 Å². The lowest BCUT2D eigenvalue weighted by Crippen LogP contribution is -2.37. The van der Waals surface area contributed by atoms with Crippen LogP contribution in [0.25, 0.3) is 0 Å². The minimum atomic E-state index is 0.408. The molecule has 1 fully saturated rings. The molecule has 1 saturated heterocycles. The van der Waals surface area contributed by atoms with Crippen molar-refractivity contribution in [3.63, 3.8) is 0 Å². The van der Waals surface area contributed by atoms with E-state index in [1.54, 1.807) is 6.07 Å². The van der Waals surface area contributed by atoms with Gasteiger partial charge in [0, 0.05) is 25.2 Å². The maximum atomic E-state index is 10.6. The minimum Gasteiger partial charge on any atom is -0.438 e. The van der Waals surface area contributed by atoms with Crippen molar-refractivity contribution in [3.05, 3.63) is 17.9 Å². The van der Waals surface area contributed by atoms with Gasteiger partial charge in [0.1, 0.15) is 0 Å². The number of carbonyl (C=O) groups is 1. The predicted molar refractivity (Wildman–Crippen MR) is 63.0 cm³/mol. The number of hydrogen-bond acceptors (Lipinski definition) is 4. The van der Waals surface area contributed by atoms with E-state index in [-0.39, 0.29) is 0 Å². The molecule has 2 rings (SSSR count). The van der Waals surface area contributed by atoms with Crippen LogP contribution in [-0.4, -0.2) is 44.4 Å². The lowest BCUT2D eigenvalue weighted by atomic mass is 10.2. The van der Waals surface area contributed by atoms with Crippen molar-refractivity contribution in [1.29, 1.82) is 0 Å². The predicted octanol–water partition coefficient (Wildman–Crippen LogP) is 1.62. The van der Waals surface area contributed by atoms with Crippen molar-refractivity contribution < 1.29 is 9.21 Å². The number of anilines is 1. The molecule has 1 aliphatic rings. The van der Waals surface area contributed by atoms with E-state index in [2.05, 4.69) is 23.9 Å². The van der Waals surface area contributed by atoms with E-state index in [0.29, 0.717) is 11.8 Å². The summed E-state index contributed by atoms with van der Waals surface area (Å²) in [5.41, 5.74) is 0. The molecule has 4 nitrogen and oxygen atoms in total. The minimum absolute atomic E-state index is 0.408. The van der Waals surface area contributed by atoms with Crippen LogP contribution in [0, 0.1) is 0 Å². The molecule has 0 radical (unpaired) electrons. The van der Waals surface area contributed by atoms with Gasteiger partial charge in [0.2, 0.25) is 0 Å². The molecule has 4 heteroatoms. The fourth-order valence-electron chi connectivity index (χ4n) is 2.30. The third-order valence-electron chi connectivity index (χ3n) is 2.96. The first-order valence-corrected chi connectivity index (χ1v) is 5.67. The SMILES string of the molecule is CN(C)CC1CCCN1c1ccc(C=O)o1. The molecule has 1 aromatic rings. The van der Waals surface area contributed by atoms with Crippen LogP contribution in [0.2, 0.25) is 0 Å². The van der Waals surface area contributed by atoms with Crippen molar-refractivity contribution in [1.82, 2.24) is 4.90 Å². The highest BCUT2D eigenvalue weighted by atomic mass is 16.4. The summed E-state index contributed by atoms with van der Waals surface area (Å²) in [6.45, 7) is 2.04. The van der Waals surface area contributed by atoms with E-state index in [9.17, 15) is 4.79 Å². The Hall–Kier alpha value is -1.29. The van der Waals surface area contributed by atoms with Crippen LogP contribution >= 0.6 is 0 Å². The van der Waals surface area contributed by atoms with Gasteiger partial charge < -0.3 is 14.2 Å². The molecule has 1 aliphatic heterocycles. The molecule has 0 bridgehead atoms. The van der Waals surface area contributed by atoms with E-state index in [1.807, 2.05) is 6.07 Å². The first-order chi connectivity index (χ1) is 7.70. The van der Waals surface area contributed by atoms with Gasteiger partial charge in [0.25, 0.3) is 0 Å². The maximum absolute atomic E-state index is 10.6. The average Bonchev–Trinajstić information content (AvgIpc) is 2.84. The molecule has 2 heterocycles. The zero-order valence-electron chi connectivity index (χ0n) is 9.85. The molecule has 1 aromatic heterocycles. The van der Waals surface area contributed by atoms with Gasteiger partial charge in [-0.25, -0.2) is 0 Å². The van der Waals surface area contributed by atoms with Crippen molar-refractivity contribution in [2.45, 2.75) is 18.9 Å². The first kappa shape index (κ1) is 11.2. The van der Waals surface area contributed by atoms with Crippen LogP contribution in [0.3, 0.4) is 0 Å². The van der Waals surface area contributed by atoms with E-state index in [4.69, 9.17) is 4.42 Å². The second kappa shape index (κ2) is 4.70. The summed E-state index contributed by atoms with van der Waals surface area (Å²) in [7, 11) is 4.16. The Bertz CT molecular complexity index is 360. The van der Waals surface area contributed by atoms with E-state index in [0.717, 1.165) is 25.3 Å². The lowest BCUT2D eigenvalue weighted by molar-refractivity contribution is 0.110. The van der Waals surface area contributed by atoms with Gasteiger partial charge in [-0.3, -0.25) is 4.79 Å². The summed E-state index contributed by atoms with van der Waals surface area (Å²) < 4.78 is 5.47. The van der Waals surface area contributed by atoms with Crippen molar-refractivity contribution in [3.8, 4) is 0 Å². The first-order valence-electron chi connectivity index (χ1n) is 5.67. The molecule has 16 heavy (non-hydrogen) atoms. The lowest BCUT2D eigenvalue weighted by Gasteiger charge is -2.26. The summed E-state index contributed by atoms with van der Waals surface area (Å²) in [4.78, 5) is 15.0. The smallest absolute Gasteiger partial charge is 0.196 e. The molecule has 0 spiro atoms. The van der Waals surface area contributed by atoms with Gasteiger partial charge >= 0.3 is 0 Å². The number of hydrogen-bond donors (Lipinski definition) is 0. The largest absolute Gasteiger partial charge is 0.438 e. The highest BCUT2D eigenvalue weighted by Gasteiger charge is 2.27. The Morgan fingerprint density at radius 3 is 3.00 bits per heavy atom. The van der Waals surface area contributed by atoms with Crippen molar-refractivity contribution >= 4 is 12.2 Å². The Balaban J connectivity index is 2.09. The van der Waals surface area contributed by atoms with Crippen molar-refractivity contribution in [2.24, 2.45) is 0 Å². The number of furan rings is 1. The Labute approximate surface area is 95.8 Å². The molecule has 1 unspecified atom stereocenters. The van der Waals surface area contributed by atoms with Gasteiger partial charge in [-0.05, 0) is 33.0 Å². The summed E-state index contributed by atoms with van der Waals surface area (Å²) in [5.74, 6) is 1.23. The van der Waals surface area contributed by atoms with Crippen molar-refractivity contribution in [2.75, 3.05) is 32.1 Å². The number of rotatable bonds is 4. The summed E-state index contributed by atoms with van der Waals surface area (Å²) >= 11 is 0. The highest BCUT2D eigenvalue weighted by Crippen LogP contribution is 2.27. The van der Waals surface area contributed by atoms with Gasteiger partial charge in [-0.1, -0.05) is 0 Å². The quantitative estimate of drug-likeness (QED) is 0.725. The van der Waals surface area contributed by atoms with E-state index < -0.39 is 0 Å². The second-order valence-electron chi connectivity index (χ2n) is 4.55. The number of aldehydes is 1. The van der Waals surface area contributed by atoms with E-state index >= 15 is 0 Å². The number of nitrogens with zero attached hydrogens (tertiary/aromatic N) is 2. The highest BCUT2D eigenvalue weighted by molar-refractivity contribution is 5.71. The van der Waals surface area contributed by atoms with Crippen LogP contribution in [0.15, 0.2) is 16.5 Å². The molecule has 0 aromatic carbocycles. The fraction of sp³-hybridized carbons (Fsp3) is 0.583. The average molecular weight is 222 g/mol. The maximum Gasteiger partial charge on any atom is 0.196 e. The standard InChI is InChI=1S/C12H18N2O2/c1-13(2)8-10-4-3-7-14(10)12-6-5-11(9-15)16-12/h5-6,9-10H,3-4,7-8H2,1-2H3. The van der Waals surface area contributed by atoms with Crippen LogP contribution in [-0.2, 0) is 0 Å². The van der Waals surface area contributed by atoms with Gasteiger partial charge in [0.15, 0.2) is 17.9 Å². The summed E-state index contributed by atoms with van der Waals surface area (Å²) in [6.07, 6.45) is 3.13. The van der Waals surface area contributed by atoms with Gasteiger partial charge in [0.05, 0.1) is 0 Å². The molecule has 0 saturated carbocycles.